The summed E-state index contributed by atoms with van der Waals surface area (Å²) in [6.45, 7) is 4.75. The second-order valence-corrected chi connectivity index (χ2v) is 22.6. The number of hydrogen-bond donors (Lipinski definition) is 0. The maximum atomic E-state index is 5.75. The first-order valence-corrected chi connectivity index (χ1v) is 22.6. The molecule has 0 spiro atoms. The van der Waals surface area contributed by atoms with E-state index >= 15 is 0 Å². The predicted octanol–water partition coefficient (Wildman–Crippen LogP) is 8.90. The van der Waals surface area contributed by atoms with Crippen LogP contribution in [0.15, 0.2) is 176 Å². The van der Waals surface area contributed by atoms with Gasteiger partial charge in [0, 0.05) is 0 Å². The number of hydrogen-bond acceptors (Lipinski definition) is 2. The average Bonchev–Trinajstić information content (AvgIpc) is 3.80. The van der Waals surface area contributed by atoms with Crippen LogP contribution in [-0.2, 0) is 5.41 Å². The van der Waals surface area contributed by atoms with Crippen LogP contribution in [0.4, 0.5) is 0 Å². The fraction of sp³-hybridized carbons (Fsp3) is 0.0612. The molecule has 1 aliphatic carbocycles. The molecule has 7 aromatic carbocycles. The van der Waals surface area contributed by atoms with Gasteiger partial charge in [0.1, 0.15) is 0 Å². The van der Waals surface area contributed by atoms with Crippen molar-refractivity contribution in [1.29, 1.82) is 0 Å². The first-order chi connectivity index (χ1) is 26.1. The number of rotatable bonds is 4. The molecule has 0 saturated heterocycles. The average molecular weight is 738 g/mol. The molecule has 0 unspecified atom stereocenters. The van der Waals surface area contributed by atoms with Gasteiger partial charge in [0.05, 0.1) is 0 Å². The zero-order chi connectivity index (χ0) is 35.3. The molecule has 3 nitrogen and oxygen atoms in total. The molecule has 4 heteroatoms. The van der Waals surface area contributed by atoms with Crippen molar-refractivity contribution in [1.82, 2.24) is 14.5 Å². The Morgan fingerprint density at radius 2 is 1.08 bits per heavy atom. The molecule has 0 N–H and O–H groups in total. The fourth-order valence-corrected chi connectivity index (χ4v) is 20.7. The molecule has 0 atom stereocenters. The normalized spacial score (nSPS) is 14.5. The Labute approximate surface area is 311 Å². The zero-order valence-electron chi connectivity index (χ0n) is 29.6. The summed E-state index contributed by atoms with van der Waals surface area (Å²) in [5, 5.41) is 2.51. The van der Waals surface area contributed by atoms with Gasteiger partial charge in [-0.2, -0.15) is 0 Å². The van der Waals surface area contributed by atoms with E-state index in [4.69, 9.17) is 9.97 Å². The van der Waals surface area contributed by atoms with E-state index in [1.807, 2.05) is 0 Å². The molecule has 0 radical (unpaired) electrons. The molecule has 0 bridgehead atoms. The summed E-state index contributed by atoms with van der Waals surface area (Å²) in [4.78, 5) is 11.5. The molecule has 2 aromatic heterocycles. The number of nitrogens with zero attached hydrogens (tertiary/aromatic N) is 3. The molecule has 2 aliphatic rings. The summed E-state index contributed by atoms with van der Waals surface area (Å²) in [6.07, 6.45) is 0. The third kappa shape index (κ3) is 4.06. The Kier molecular flexibility index (Phi) is 6.48. The molecule has 0 saturated carbocycles. The van der Waals surface area contributed by atoms with Crippen molar-refractivity contribution >= 4 is 52.7 Å². The van der Waals surface area contributed by atoms with Crippen molar-refractivity contribution in [3.8, 4) is 39.6 Å². The summed E-state index contributed by atoms with van der Waals surface area (Å²) in [5.41, 5.74) is 11.9. The Hall–Kier alpha value is -6.04. The van der Waals surface area contributed by atoms with E-state index in [9.17, 15) is 0 Å². The minimum absolute atomic E-state index is 0.161. The van der Waals surface area contributed by atoms with Crippen LogP contribution in [0, 0.1) is 0 Å². The third-order valence-corrected chi connectivity index (χ3v) is 22.1. The Balaban J connectivity index is 1.29. The van der Waals surface area contributed by atoms with E-state index in [0.717, 1.165) is 28.0 Å². The zero-order valence-corrected chi connectivity index (χ0v) is 31.7. The van der Waals surface area contributed by atoms with E-state index in [0.29, 0.717) is 5.95 Å². The first kappa shape index (κ1) is 30.6. The molecule has 3 heterocycles. The second-order valence-electron chi connectivity index (χ2n) is 14.9. The van der Waals surface area contributed by atoms with Crippen molar-refractivity contribution in [2.24, 2.45) is 0 Å². The number of benzene rings is 7. The van der Waals surface area contributed by atoms with Crippen LogP contribution in [0.5, 0.6) is 0 Å². The van der Waals surface area contributed by atoms with Gasteiger partial charge in [-0.3, -0.25) is 0 Å². The van der Waals surface area contributed by atoms with Crippen LogP contribution in [0.1, 0.15) is 25.0 Å². The summed E-state index contributed by atoms with van der Waals surface area (Å²) >= 11 is -3.66. The third-order valence-electron chi connectivity index (χ3n) is 11.9. The van der Waals surface area contributed by atoms with Crippen molar-refractivity contribution in [2.45, 2.75) is 19.3 Å². The minimum atomic E-state index is -3.66. The number of para-hydroxylation sites is 1. The SMILES string of the molecule is CC1(C)c2ccccc2-c2ccc3c(c21)c1ccccc1n3-c1nc(-c2ccccc2)[c]2c(n1)-c1cccc[c]1[Ge]2([c]1ccccc1)[c]1ccccc1. The van der Waals surface area contributed by atoms with Gasteiger partial charge in [-0.25, -0.2) is 0 Å². The summed E-state index contributed by atoms with van der Waals surface area (Å²) in [7, 11) is 0. The van der Waals surface area contributed by atoms with Gasteiger partial charge in [0.25, 0.3) is 0 Å². The molecule has 0 amide bonds. The van der Waals surface area contributed by atoms with Crippen molar-refractivity contribution < 1.29 is 0 Å². The molecule has 1 aliphatic heterocycles. The summed E-state index contributed by atoms with van der Waals surface area (Å²) in [6, 6.07) is 64.6. The Morgan fingerprint density at radius 3 is 1.81 bits per heavy atom. The molecule has 11 rings (SSSR count). The van der Waals surface area contributed by atoms with Gasteiger partial charge in [-0.15, -0.1) is 0 Å². The van der Waals surface area contributed by atoms with E-state index in [2.05, 4.69) is 194 Å². The molecular formula is C49H35GeN3. The van der Waals surface area contributed by atoms with Crippen LogP contribution in [0.3, 0.4) is 0 Å². The van der Waals surface area contributed by atoms with Crippen LogP contribution in [-0.4, -0.2) is 27.8 Å². The van der Waals surface area contributed by atoms with E-state index in [-0.39, 0.29) is 5.41 Å². The summed E-state index contributed by atoms with van der Waals surface area (Å²) < 4.78 is 7.80. The maximum absolute atomic E-state index is 5.75. The van der Waals surface area contributed by atoms with Crippen LogP contribution < -0.4 is 17.6 Å². The molecular weight excluding hydrogens is 703 g/mol. The van der Waals surface area contributed by atoms with E-state index in [1.54, 1.807) is 0 Å². The van der Waals surface area contributed by atoms with Crippen molar-refractivity contribution in [2.75, 3.05) is 0 Å². The van der Waals surface area contributed by atoms with E-state index < -0.39 is 13.3 Å². The standard InChI is InChI=1S/C49H35GeN3/c1-49(2)39-27-15-12-24-35(39)36-30-31-42-43(44(36)49)38-26-14-17-29-41(38)53(42)48-51-46(32-18-6-3-7-19-32)45-47(52-48)37-25-13-16-28-40(37)50(45,33-20-8-4-9-21-33)34-22-10-5-11-23-34/h3-31H,1-2H3. The predicted molar refractivity (Wildman–Crippen MR) is 222 cm³/mol. The number of aromatic nitrogens is 3. The molecule has 53 heavy (non-hydrogen) atoms. The number of fused-ring (bicyclic) bond motifs is 10. The van der Waals surface area contributed by atoms with Crippen LogP contribution in [0.25, 0.3) is 61.4 Å². The van der Waals surface area contributed by atoms with Crippen LogP contribution >= 0.6 is 0 Å². The monoisotopic (exact) mass is 739 g/mol. The topological polar surface area (TPSA) is 30.7 Å². The van der Waals surface area contributed by atoms with Crippen molar-refractivity contribution in [3.05, 3.63) is 187 Å². The van der Waals surface area contributed by atoms with E-state index in [1.165, 1.54) is 56.2 Å². The van der Waals surface area contributed by atoms with Gasteiger partial charge in [-0.1, -0.05) is 0 Å². The fourth-order valence-electron chi connectivity index (χ4n) is 9.75. The summed E-state index contributed by atoms with van der Waals surface area (Å²) in [5.74, 6) is 0.705. The quantitative estimate of drug-likeness (QED) is 0.169. The molecule has 9 aromatic rings. The van der Waals surface area contributed by atoms with Crippen LogP contribution in [0.2, 0.25) is 0 Å². The van der Waals surface area contributed by atoms with Gasteiger partial charge in [0.2, 0.25) is 0 Å². The molecule has 0 fully saturated rings. The van der Waals surface area contributed by atoms with Crippen molar-refractivity contribution in [3.63, 3.8) is 0 Å². The van der Waals surface area contributed by atoms with Gasteiger partial charge < -0.3 is 0 Å². The van der Waals surface area contributed by atoms with Gasteiger partial charge in [-0.05, 0) is 0 Å². The van der Waals surface area contributed by atoms with Gasteiger partial charge in [0.15, 0.2) is 0 Å². The molecule has 250 valence electrons. The Morgan fingerprint density at radius 1 is 0.491 bits per heavy atom. The van der Waals surface area contributed by atoms with Gasteiger partial charge >= 0.3 is 313 Å². The Bertz CT molecular complexity index is 2870. The second kappa shape index (κ2) is 11.2. The first-order valence-electron chi connectivity index (χ1n) is 18.4.